The van der Waals surface area contributed by atoms with Crippen LogP contribution in [0.2, 0.25) is 0 Å². The Morgan fingerprint density at radius 2 is 2.00 bits per heavy atom. The molecule has 1 aromatic rings. The summed E-state index contributed by atoms with van der Waals surface area (Å²) in [6.07, 6.45) is 3.57. The van der Waals surface area contributed by atoms with E-state index in [4.69, 9.17) is 5.21 Å². The Bertz CT molecular complexity index is 277. The van der Waals surface area contributed by atoms with Crippen LogP contribution < -0.4 is 5.48 Å². The van der Waals surface area contributed by atoms with Gasteiger partial charge in [-0.2, -0.15) is 0 Å². The average Bonchev–Trinajstić information content (AvgIpc) is 2.16. The summed E-state index contributed by atoms with van der Waals surface area (Å²) in [5, 5.41) is 8.41. The fourth-order valence-electron chi connectivity index (χ4n) is 0.798. The molecule has 0 spiro atoms. The Balaban J connectivity index is 2.64. The minimum Gasteiger partial charge on any atom is -0.291 e. The van der Waals surface area contributed by atoms with Gasteiger partial charge in [0.2, 0.25) is 0 Å². The first-order valence-electron chi connectivity index (χ1n) is 3.65. The molecule has 0 bridgehead atoms. The van der Waals surface area contributed by atoms with Crippen molar-refractivity contribution >= 4 is 6.08 Å². The van der Waals surface area contributed by atoms with Crippen LogP contribution in [0.3, 0.4) is 0 Å². The number of rotatable bonds is 3. The van der Waals surface area contributed by atoms with Crippen molar-refractivity contribution in [3.63, 3.8) is 0 Å². The van der Waals surface area contributed by atoms with E-state index in [1.807, 2.05) is 41.9 Å². The quantitative estimate of drug-likeness (QED) is 0.526. The highest BCUT2D eigenvalue weighted by atomic mass is 16.5. The molecular formula is C10H11NO. The van der Waals surface area contributed by atoms with Crippen molar-refractivity contribution < 1.29 is 5.21 Å². The van der Waals surface area contributed by atoms with Crippen molar-refractivity contribution in [2.24, 2.45) is 0 Å². The number of nitrogens with one attached hydrogen (secondary N) is 1. The molecule has 0 fully saturated rings. The Hall–Kier alpha value is -1.54. The van der Waals surface area contributed by atoms with E-state index >= 15 is 0 Å². The van der Waals surface area contributed by atoms with E-state index in [0.29, 0.717) is 5.70 Å². The summed E-state index contributed by atoms with van der Waals surface area (Å²) in [5.74, 6) is 0. The van der Waals surface area contributed by atoms with Crippen LogP contribution in [0.4, 0.5) is 0 Å². The van der Waals surface area contributed by atoms with Gasteiger partial charge in [0.1, 0.15) is 0 Å². The summed E-state index contributed by atoms with van der Waals surface area (Å²) in [6.45, 7) is 3.54. The summed E-state index contributed by atoms with van der Waals surface area (Å²) < 4.78 is 0. The first kappa shape index (κ1) is 8.56. The number of hydrogen-bond donors (Lipinski definition) is 2. The normalized spacial score (nSPS) is 10.1. The highest BCUT2D eigenvalue weighted by Crippen LogP contribution is 2.01. The van der Waals surface area contributed by atoms with E-state index < -0.39 is 0 Å². The average molecular weight is 161 g/mol. The maximum absolute atomic E-state index is 8.41. The molecule has 0 saturated carbocycles. The van der Waals surface area contributed by atoms with E-state index in [0.717, 1.165) is 5.56 Å². The highest BCUT2D eigenvalue weighted by molar-refractivity contribution is 5.51. The molecule has 2 nitrogen and oxygen atoms in total. The molecule has 1 aromatic carbocycles. The molecular weight excluding hydrogens is 150 g/mol. The number of hydroxylamine groups is 1. The third kappa shape index (κ3) is 2.60. The smallest absolute Gasteiger partial charge is 0.0530 e. The minimum absolute atomic E-state index is 0.471. The van der Waals surface area contributed by atoms with Crippen molar-refractivity contribution in [2.45, 2.75) is 0 Å². The van der Waals surface area contributed by atoms with Gasteiger partial charge in [-0.3, -0.25) is 10.7 Å². The van der Waals surface area contributed by atoms with Gasteiger partial charge in [0, 0.05) is 0 Å². The monoisotopic (exact) mass is 161 g/mol. The molecule has 0 saturated heterocycles. The van der Waals surface area contributed by atoms with Crippen LogP contribution in [0.15, 0.2) is 48.7 Å². The largest absolute Gasteiger partial charge is 0.291 e. The van der Waals surface area contributed by atoms with Crippen LogP contribution in [-0.4, -0.2) is 5.21 Å². The fourth-order valence-corrected chi connectivity index (χ4v) is 0.798. The Morgan fingerprint density at radius 3 is 2.58 bits per heavy atom. The summed E-state index contributed by atoms with van der Waals surface area (Å²) >= 11 is 0. The van der Waals surface area contributed by atoms with E-state index in [1.54, 1.807) is 6.08 Å². The second kappa shape index (κ2) is 4.36. The van der Waals surface area contributed by atoms with Crippen LogP contribution in [-0.2, 0) is 0 Å². The standard InChI is InChI=1S/C10H11NO/c1-9(11-12)7-8-10-5-3-2-4-6-10/h2-8,11-12H,1H2. The second-order valence-electron chi connectivity index (χ2n) is 2.38. The van der Waals surface area contributed by atoms with Gasteiger partial charge < -0.3 is 0 Å². The maximum atomic E-state index is 8.41. The molecule has 0 aliphatic carbocycles. The molecule has 0 heterocycles. The Morgan fingerprint density at radius 1 is 1.33 bits per heavy atom. The lowest BCUT2D eigenvalue weighted by molar-refractivity contribution is 0.205. The molecule has 2 N–H and O–H groups in total. The van der Waals surface area contributed by atoms with Crippen molar-refractivity contribution in [1.29, 1.82) is 0 Å². The molecule has 0 aliphatic rings. The summed E-state index contributed by atoms with van der Waals surface area (Å²) in [7, 11) is 0. The Kier molecular flexibility index (Phi) is 3.11. The lowest BCUT2D eigenvalue weighted by Crippen LogP contribution is -2.01. The van der Waals surface area contributed by atoms with Gasteiger partial charge in [0.25, 0.3) is 0 Å². The SMILES string of the molecule is C=C(C=Cc1ccccc1)NO. The summed E-state index contributed by atoms with van der Waals surface area (Å²) in [6, 6.07) is 9.81. The van der Waals surface area contributed by atoms with Gasteiger partial charge >= 0.3 is 0 Å². The maximum Gasteiger partial charge on any atom is 0.0530 e. The molecule has 0 atom stereocenters. The molecule has 0 unspecified atom stereocenters. The third-order valence-corrected chi connectivity index (χ3v) is 1.42. The predicted molar refractivity (Wildman–Crippen MR) is 49.5 cm³/mol. The van der Waals surface area contributed by atoms with Crippen LogP contribution in [0, 0.1) is 0 Å². The summed E-state index contributed by atoms with van der Waals surface area (Å²) in [5.41, 5.74) is 3.50. The molecule has 12 heavy (non-hydrogen) atoms. The topological polar surface area (TPSA) is 32.3 Å². The van der Waals surface area contributed by atoms with E-state index in [1.165, 1.54) is 0 Å². The Labute approximate surface area is 71.8 Å². The van der Waals surface area contributed by atoms with Gasteiger partial charge in [-0.1, -0.05) is 43.0 Å². The minimum atomic E-state index is 0.471. The van der Waals surface area contributed by atoms with Crippen molar-refractivity contribution in [3.05, 3.63) is 54.2 Å². The third-order valence-electron chi connectivity index (χ3n) is 1.42. The number of hydrogen-bond acceptors (Lipinski definition) is 2. The molecule has 0 aromatic heterocycles. The van der Waals surface area contributed by atoms with Crippen LogP contribution in [0.25, 0.3) is 6.08 Å². The molecule has 62 valence electrons. The van der Waals surface area contributed by atoms with E-state index in [9.17, 15) is 0 Å². The van der Waals surface area contributed by atoms with E-state index in [2.05, 4.69) is 6.58 Å². The first-order chi connectivity index (χ1) is 5.83. The number of allylic oxidation sites excluding steroid dienone is 1. The molecule has 2 heteroatoms. The molecule has 0 aliphatic heterocycles. The summed E-state index contributed by atoms with van der Waals surface area (Å²) in [4.78, 5) is 0. The first-order valence-corrected chi connectivity index (χ1v) is 3.65. The van der Waals surface area contributed by atoms with Gasteiger partial charge in [-0.25, -0.2) is 0 Å². The molecule has 0 radical (unpaired) electrons. The second-order valence-corrected chi connectivity index (χ2v) is 2.38. The zero-order valence-electron chi connectivity index (χ0n) is 6.70. The lowest BCUT2D eigenvalue weighted by atomic mass is 10.2. The molecule has 0 amide bonds. The van der Waals surface area contributed by atoms with Crippen LogP contribution in [0.5, 0.6) is 0 Å². The van der Waals surface area contributed by atoms with Crippen molar-refractivity contribution in [3.8, 4) is 0 Å². The van der Waals surface area contributed by atoms with Gasteiger partial charge in [-0.05, 0) is 11.6 Å². The fraction of sp³-hybridized carbons (Fsp3) is 0. The highest BCUT2D eigenvalue weighted by Gasteiger charge is 1.83. The zero-order chi connectivity index (χ0) is 8.81. The van der Waals surface area contributed by atoms with Crippen LogP contribution >= 0.6 is 0 Å². The van der Waals surface area contributed by atoms with Crippen molar-refractivity contribution in [2.75, 3.05) is 0 Å². The zero-order valence-corrected chi connectivity index (χ0v) is 6.70. The van der Waals surface area contributed by atoms with E-state index in [-0.39, 0.29) is 0 Å². The van der Waals surface area contributed by atoms with Gasteiger partial charge in [0.05, 0.1) is 5.70 Å². The lowest BCUT2D eigenvalue weighted by Gasteiger charge is -1.94. The van der Waals surface area contributed by atoms with Crippen molar-refractivity contribution in [1.82, 2.24) is 5.48 Å². The van der Waals surface area contributed by atoms with Gasteiger partial charge in [-0.15, -0.1) is 0 Å². The number of benzene rings is 1. The van der Waals surface area contributed by atoms with Crippen LogP contribution in [0.1, 0.15) is 5.56 Å². The predicted octanol–water partition coefficient (Wildman–Crippen LogP) is 2.19. The van der Waals surface area contributed by atoms with Gasteiger partial charge in [0.15, 0.2) is 0 Å². The molecule has 1 rings (SSSR count).